The molecule has 20 heavy (non-hydrogen) atoms. The Balaban J connectivity index is 1.68. The Labute approximate surface area is 123 Å². The maximum Gasteiger partial charge on any atom is 0.263 e. The molecule has 104 valence electrons. The molecule has 0 spiro atoms. The second-order valence-electron chi connectivity index (χ2n) is 5.20. The number of carbonyl (C=O) groups excluding carboxylic acids is 1. The second kappa shape index (κ2) is 6.18. The van der Waals surface area contributed by atoms with E-state index in [1.807, 2.05) is 30.3 Å². The molecule has 1 fully saturated rings. The van der Waals surface area contributed by atoms with Crippen LogP contribution in [-0.2, 0) is 0 Å². The predicted molar refractivity (Wildman–Crippen MR) is 81.9 cm³/mol. The van der Waals surface area contributed by atoms with Gasteiger partial charge in [-0.25, -0.2) is 4.98 Å². The van der Waals surface area contributed by atoms with Gasteiger partial charge in [-0.15, -0.1) is 11.3 Å². The summed E-state index contributed by atoms with van der Waals surface area (Å²) in [6, 6.07) is 10.3. The fourth-order valence-electron chi connectivity index (χ4n) is 2.60. The van der Waals surface area contributed by atoms with E-state index in [4.69, 9.17) is 0 Å². The summed E-state index contributed by atoms with van der Waals surface area (Å²) in [5.74, 6) is 0.0246. The molecule has 0 bridgehead atoms. The van der Waals surface area contributed by atoms with Gasteiger partial charge in [-0.1, -0.05) is 49.6 Å². The van der Waals surface area contributed by atoms with Crippen molar-refractivity contribution in [1.29, 1.82) is 0 Å². The molecule has 2 aromatic rings. The van der Waals surface area contributed by atoms with Crippen molar-refractivity contribution >= 4 is 17.2 Å². The van der Waals surface area contributed by atoms with Gasteiger partial charge in [-0.05, 0) is 12.8 Å². The fraction of sp³-hybridized carbons (Fsp3) is 0.375. The van der Waals surface area contributed by atoms with Crippen molar-refractivity contribution in [2.24, 2.45) is 0 Å². The summed E-state index contributed by atoms with van der Waals surface area (Å²) >= 11 is 1.46. The first kappa shape index (κ1) is 13.3. The van der Waals surface area contributed by atoms with E-state index < -0.39 is 0 Å². The zero-order chi connectivity index (χ0) is 13.8. The third kappa shape index (κ3) is 3.07. The number of benzene rings is 1. The molecular formula is C16H18N2OS. The topological polar surface area (TPSA) is 42.0 Å². The van der Waals surface area contributed by atoms with Gasteiger partial charge in [-0.2, -0.15) is 0 Å². The van der Waals surface area contributed by atoms with E-state index in [9.17, 15) is 4.79 Å². The van der Waals surface area contributed by atoms with Crippen LogP contribution in [0.2, 0.25) is 0 Å². The van der Waals surface area contributed by atoms with Crippen molar-refractivity contribution in [1.82, 2.24) is 10.3 Å². The van der Waals surface area contributed by atoms with Crippen LogP contribution in [0.1, 0.15) is 41.8 Å². The molecule has 1 aromatic carbocycles. The number of amides is 1. The van der Waals surface area contributed by atoms with Gasteiger partial charge >= 0.3 is 0 Å². The first-order chi connectivity index (χ1) is 9.83. The Morgan fingerprint density at radius 3 is 2.65 bits per heavy atom. The first-order valence-corrected chi connectivity index (χ1v) is 7.97. The highest BCUT2D eigenvalue weighted by Crippen LogP contribution is 2.25. The summed E-state index contributed by atoms with van der Waals surface area (Å²) in [6.45, 7) is 0. The summed E-state index contributed by atoms with van der Waals surface area (Å²) in [4.78, 5) is 17.3. The zero-order valence-corrected chi connectivity index (χ0v) is 12.2. The fourth-order valence-corrected chi connectivity index (χ4v) is 3.42. The van der Waals surface area contributed by atoms with Crippen LogP contribution in [0.25, 0.3) is 10.6 Å². The minimum Gasteiger partial charge on any atom is -0.349 e. The average molecular weight is 286 g/mol. The number of nitrogens with zero attached hydrogens (tertiary/aromatic N) is 1. The molecule has 1 aromatic heterocycles. The van der Waals surface area contributed by atoms with Gasteiger partial charge in [0.2, 0.25) is 0 Å². The minimum atomic E-state index is 0.0246. The number of aromatic nitrogens is 1. The Bertz CT molecular complexity index is 573. The van der Waals surface area contributed by atoms with E-state index in [2.05, 4.69) is 10.3 Å². The molecule has 3 nitrogen and oxygen atoms in total. The smallest absolute Gasteiger partial charge is 0.263 e. The van der Waals surface area contributed by atoms with E-state index in [1.54, 1.807) is 6.20 Å². The highest BCUT2D eigenvalue weighted by molar-refractivity contribution is 7.16. The predicted octanol–water partition coefficient (Wildman–Crippen LogP) is 3.87. The van der Waals surface area contributed by atoms with Crippen LogP contribution in [0, 0.1) is 0 Å². The van der Waals surface area contributed by atoms with Crippen LogP contribution in [0.15, 0.2) is 36.5 Å². The van der Waals surface area contributed by atoms with Crippen molar-refractivity contribution in [2.75, 3.05) is 0 Å². The molecule has 1 N–H and O–H groups in total. The highest BCUT2D eigenvalue weighted by Gasteiger charge is 2.18. The third-order valence-electron chi connectivity index (χ3n) is 3.69. The lowest BCUT2D eigenvalue weighted by atomic mass is 9.95. The van der Waals surface area contributed by atoms with Gasteiger partial charge in [0, 0.05) is 11.6 Å². The SMILES string of the molecule is O=C(NC1CCCCC1)c1cnc(-c2ccccc2)s1. The van der Waals surface area contributed by atoms with Crippen molar-refractivity contribution in [3.8, 4) is 10.6 Å². The standard InChI is InChI=1S/C16H18N2OS/c19-15(18-13-9-5-2-6-10-13)14-11-17-16(20-14)12-7-3-1-4-8-12/h1,3-4,7-8,11,13H,2,5-6,9-10H2,(H,18,19). The largest absolute Gasteiger partial charge is 0.349 e. The van der Waals surface area contributed by atoms with Crippen LogP contribution >= 0.6 is 11.3 Å². The molecule has 1 saturated carbocycles. The Morgan fingerprint density at radius 1 is 1.15 bits per heavy atom. The maximum atomic E-state index is 12.2. The number of nitrogens with one attached hydrogen (secondary N) is 1. The number of hydrogen-bond acceptors (Lipinski definition) is 3. The maximum absolute atomic E-state index is 12.2. The van der Waals surface area contributed by atoms with Gasteiger partial charge in [-0.3, -0.25) is 4.79 Å². The number of rotatable bonds is 3. The molecule has 1 heterocycles. The molecule has 3 rings (SSSR count). The molecule has 1 amide bonds. The molecule has 4 heteroatoms. The first-order valence-electron chi connectivity index (χ1n) is 7.15. The summed E-state index contributed by atoms with van der Waals surface area (Å²) < 4.78 is 0. The van der Waals surface area contributed by atoms with Gasteiger partial charge in [0.05, 0.1) is 6.20 Å². The van der Waals surface area contributed by atoms with E-state index in [0.717, 1.165) is 23.4 Å². The summed E-state index contributed by atoms with van der Waals surface area (Å²) in [5, 5.41) is 4.03. The van der Waals surface area contributed by atoms with Crippen LogP contribution in [0.3, 0.4) is 0 Å². The quantitative estimate of drug-likeness (QED) is 0.930. The Kier molecular flexibility index (Phi) is 4.11. The Hall–Kier alpha value is -1.68. The molecule has 0 aliphatic heterocycles. The van der Waals surface area contributed by atoms with Crippen molar-refractivity contribution in [3.63, 3.8) is 0 Å². The number of carbonyl (C=O) groups is 1. The lowest BCUT2D eigenvalue weighted by molar-refractivity contribution is 0.0931. The average Bonchev–Trinajstić information content (AvgIpc) is 2.99. The molecular weight excluding hydrogens is 268 g/mol. The highest BCUT2D eigenvalue weighted by atomic mass is 32.1. The van der Waals surface area contributed by atoms with Crippen LogP contribution < -0.4 is 5.32 Å². The number of hydrogen-bond donors (Lipinski definition) is 1. The van der Waals surface area contributed by atoms with Gasteiger partial charge in [0.1, 0.15) is 9.88 Å². The molecule has 0 atom stereocenters. The normalized spacial score (nSPS) is 16.0. The lowest BCUT2D eigenvalue weighted by Crippen LogP contribution is -2.35. The van der Waals surface area contributed by atoms with Crippen LogP contribution in [-0.4, -0.2) is 16.9 Å². The van der Waals surface area contributed by atoms with E-state index in [-0.39, 0.29) is 5.91 Å². The van der Waals surface area contributed by atoms with Crippen LogP contribution in [0.4, 0.5) is 0 Å². The van der Waals surface area contributed by atoms with Gasteiger partial charge in [0.15, 0.2) is 0 Å². The third-order valence-corrected chi connectivity index (χ3v) is 4.74. The van der Waals surface area contributed by atoms with Crippen molar-refractivity contribution < 1.29 is 4.79 Å². The summed E-state index contributed by atoms with van der Waals surface area (Å²) in [6.07, 6.45) is 7.65. The van der Waals surface area contributed by atoms with E-state index in [0.29, 0.717) is 10.9 Å². The Morgan fingerprint density at radius 2 is 1.90 bits per heavy atom. The van der Waals surface area contributed by atoms with Crippen molar-refractivity contribution in [2.45, 2.75) is 38.1 Å². The van der Waals surface area contributed by atoms with E-state index >= 15 is 0 Å². The lowest BCUT2D eigenvalue weighted by Gasteiger charge is -2.22. The minimum absolute atomic E-state index is 0.0246. The molecule has 0 saturated heterocycles. The number of thiazole rings is 1. The van der Waals surface area contributed by atoms with Crippen molar-refractivity contribution in [3.05, 3.63) is 41.4 Å². The molecule has 0 unspecified atom stereocenters. The second-order valence-corrected chi connectivity index (χ2v) is 6.23. The van der Waals surface area contributed by atoms with Crippen LogP contribution in [0.5, 0.6) is 0 Å². The molecule has 0 radical (unpaired) electrons. The zero-order valence-electron chi connectivity index (χ0n) is 11.3. The summed E-state index contributed by atoms with van der Waals surface area (Å²) in [7, 11) is 0. The van der Waals surface area contributed by atoms with Gasteiger partial charge in [0.25, 0.3) is 5.91 Å². The summed E-state index contributed by atoms with van der Waals surface area (Å²) in [5.41, 5.74) is 1.06. The molecule has 1 aliphatic carbocycles. The monoisotopic (exact) mass is 286 g/mol. The van der Waals surface area contributed by atoms with Gasteiger partial charge < -0.3 is 5.32 Å². The molecule has 1 aliphatic rings. The van der Waals surface area contributed by atoms with E-state index in [1.165, 1.54) is 30.6 Å².